The van der Waals surface area contributed by atoms with Crippen molar-refractivity contribution >= 4 is 16.5 Å². The van der Waals surface area contributed by atoms with Gasteiger partial charge < -0.3 is 15.9 Å². The van der Waals surface area contributed by atoms with Gasteiger partial charge >= 0.3 is 0 Å². The van der Waals surface area contributed by atoms with Crippen LogP contribution in [0.3, 0.4) is 0 Å². The third kappa shape index (κ3) is 2.21. The molecule has 0 saturated heterocycles. The molecule has 2 aromatic carbocycles. The van der Waals surface area contributed by atoms with Crippen molar-refractivity contribution in [2.45, 2.75) is 12.2 Å². The number of hydrogen-bond acceptors (Lipinski definition) is 4. The van der Waals surface area contributed by atoms with Crippen LogP contribution in [-0.2, 0) is 0 Å². The highest BCUT2D eigenvalue weighted by Crippen LogP contribution is 2.23. The van der Waals surface area contributed by atoms with Gasteiger partial charge in [0.1, 0.15) is 6.10 Å². The normalized spacial score (nSPS) is 14.2. The number of nitrogen functional groups attached to an aromatic ring is 1. The van der Waals surface area contributed by atoms with Crippen LogP contribution in [0.25, 0.3) is 10.8 Å². The monoisotopic (exact) mass is 228 g/mol. The van der Waals surface area contributed by atoms with Crippen LogP contribution in [-0.4, -0.2) is 16.3 Å². The highest BCUT2D eigenvalue weighted by Gasteiger charge is 2.17. The Kier molecular flexibility index (Phi) is 2.96. The third-order valence-corrected chi connectivity index (χ3v) is 2.66. The summed E-state index contributed by atoms with van der Waals surface area (Å²) in [4.78, 5) is 0. The summed E-state index contributed by atoms with van der Waals surface area (Å²) in [5.74, 6) is 0. The van der Waals surface area contributed by atoms with E-state index in [1.54, 1.807) is 30.3 Å². The van der Waals surface area contributed by atoms with E-state index in [-0.39, 0.29) is 0 Å². The number of fused-ring (bicyclic) bond motifs is 1. The Balaban J connectivity index is 2.45. The lowest BCUT2D eigenvalue weighted by molar-refractivity contribution is 0.0529. The number of rotatable bonds is 2. The molecule has 0 fully saturated rings. The van der Waals surface area contributed by atoms with Crippen LogP contribution in [0.15, 0.2) is 36.4 Å². The van der Waals surface area contributed by atoms with Crippen molar-refractivity contribution < 1.29 is 10.2 Å². The van der Waals surface area contributed by atoms with Gasteiger partial charge in [-0.25, -0.2) is 0 Å². The second kappa shape index (κ2) is 4.42. The molecule has 0 aliphatic rings. The first-order chi connectivity index (χ1) is 8.11. The standard InChI is InChI=1S/C13H12N2O2/c14-7-12(16)13(17)10-2-1-9-6-11(15)4-3-8(9)5-10/h1-6,12-13,16-17H,15H2. The number of nitriles is 1. The van der Waals surface area contributed by atoms with Crippen LogP contribution in [0.5, 0.6) is 0 Å². The minimum absolute atomic E-state index is 0.510. The molecule has 0 aromatic heterocycles. The fourth-order valence-corrected chi connectivity index (χ4v) is 1.72. The molecule has 17 heavy (non-hydrogen) atoms. The number of aliphatic hydroxyl groups excluding tert-OH is 2. The van der Waals surface area contributed by atoms with Gasteiger partial charge in [0.15, 0.2) is 6.10 Å². The zero-order chi connectivity index (χ0) is 12.4. The Labute approximate surface area is 98.5 Å². The van der Waals surface area contributed by atoms with Crippen LogP contribution in [0.1, 0.15) is 11.7 Å². The van der Waals surface area contributed by atoms with Gasteiger partial charge in [-0.15, -0.1) is 0 Å². The van der Waals surface area contributed by atoms with Crippen LogP contribution in [0, 0.1) is 11.3 Å². The predicted octanol–water partition coefficient (Wildman–Crippen LogP) is 1.34. The van der Waals surface area contributed by atoms with E-state index in [9.17, 15) is 10.2 Å². The maximum atomic E-state index is 9.71. The summed E-state index contributed by atoms with van der Waals surface area (Å²) in [6, 6.07) is 12.2. The number of anilines is 1. The van der Waals surface area contributed by atoms with Crippen LogP contribution in [0.2, 0.25) is 0 Å². The maximum absolute atomic E-state index is 9.71. The first kappa shape index (κ1) is 11.4. The van der Waals surface area contributed by atoms with Gasteiger partial charge in [0.25, 0.3) is 0 Å². The molecule has 4 nitrogen and oxygen atoms in total. The summed E-state index contributed by atoms with van der Waals surface area (Å²) >= 11 is 0. The predicted molar refractivity (Wildman–Crippen MR) is 64.9 cm³/mol. The fourth-order valence-electron chi connectivity index (χ4n) is 1.72. The fraction of sp³-hybridized carbons (Fsp3) is 0.154. The molecule has 0 aliphatic heterocycles. The largest absolute Gasteiger partial charge is 0.399 e. The summed E-state index contributed by atoms with van der Waals surface area (Å²) < 4.78 is 0. The average molecular weight is 228 g/mol. The zero-order valence-corrected chi connectivity index (χ0v) is 9.04. The molecule has 0 amide bonds. The number of nitrogens with two attached hydrogens (primary N) is 1. The molecule has 2 unspecified atom stereocenters. The molecular formula is C13H12N2O2. The lowest BCUT2D eigenvalue weighted by Gasteiger charge is -2.12. The molecule has 4 N–H and O–H groups in total. The quantitative estimate of drug-likeness (QED) is 0.534. The van der Waals surface area contributed by atoms with Crippen molar-refractivity contribution in [1.82, 2.24) is 0 Å². The Morgan fingerprint density at radius 1 is 1.06 bits per heavy atom. The van der Waals surface area contributed by atoms with E-state index in [4.69, 9.17) is 11.0 Å². The molecule has 2 atom stereocenters. The van der Waals surface area contributed by atoms with Crippen molar-refractivity contribution in [3.8, 4) is 6.07 Å². The third-order valence-electron chi connectivity index (χ3n) is 2.66. The molecular weight excluding hydrogens is 216 g/mol. The second-order valence-electron chi connectivity index (χ2n) is 3.88. The Bertz CT molecular complexity index is 589. The molecule has 0 radical (unpaired) electrons. The maximum Gasteiger partial charge on any atom is 0.170 e. The molecule has 4 heteroatoms. The first-order valence-electron chi connectivity index (χ1n) is 5.17. The SMILES string of the molecule is N#CC(O)C(O)c1ccc2cc(N)ccc2c1. The van der Waals surface area contributed by atoms with Crippen molar-refractivity contribution in [3.05, 3.63) is 42.0 Å². The minimum atomic E-state index is -1.42. The average Bonchev–Trinajstić information content (AvgIpc) is 2.36. The van der Waals surface area contributed by atoms with E-state index < -0.39 is 12.2 Å². The lowest BCUT2D eigenvalue weighted by Crippen LogP contribution is -2.15. The molecule has 0 heterocycles. The summed E-state index contributed by atoms with van der Waals surface area (Å²) in [6.07, 6.45) is -2.61. The van der Waals surface area contributed by atoms with Gasteiger partial charge in [-0.2, -0.15) is 5.26 Å². The van der Waals surface area contributed by atoms with Crippen LogP contribution in [0.4, 0.5) is 5.69 Å². The van der Waals surface area contributed by atoms with Crippen LogP contribution < -0.4 is 5.73 Å². The minimum Gasteiger partial charge on any atom is -0.399 e. The van der Waals surface area contributed by atoms with E-state index in [1.165, 1.54) is 0 Å². The molecule has 0 spiro atoms. The van der Waals surface area contributed by atoms with Crippen molar-refractivity contribution in [1.29, 1.82) is 5.26 Å². The summed E-state index contributed by atoms with van der Waals surface area (Å²) in [6.45, 7) is 0. The van der Waals surface area contributed by atoms with Gasteiger partial charge in [0, 0.05) is 5.69 Å². The molecule has 86 valence electrons. The molecule has 2 rings (SSSR count). The van der Waals surface area contributed by atoms with Crippen molar-refractivity contribution in [3.63, 3.8) is 0 Å². The molecule has 0 saturated carbocycles. The van der Waals surface area contributed by atoms with Gasteiger partial charge in [0.2, 0.25) is 0 Å². The van der Waals surface area contributed by atoms with Gasteiger partial charge in [-0.05, 0) is 34.5 Å². The van der Waals surface area contributed by atoms with E-state index in [1.807, 2.05) is 12.1 Å². The van der Waals surface area contributed by atoms with E-state index >= 15 is 0 Å². The second-order valence-corrected chi connectivity index (χ2v) is 3.88. The van der Waals surface area contributed by atoms with Gasteiger partial charge in [-0.3, -0.25) is 0 Å². The highest BCUT2D eigenvalue weighted by atomic mass is 16.3. The van der Waals surface area contributed by atoms with E-state index in [0.717, 1.165) is 10.8 Å². The number of nitrogens with zero attached hydrogens (tertiary/aromatic N) is 1. The highest BCUT2D eigenvalue weighted by molar-refractivity contribution is 5.86. The number of aliphatic hydroxyl groups is 2. The van der Waals surface area contributed by atoms with E-state index in [2.05, 4.69) is 0 Å². The van der Waals surface area contributed by atoms with E-state index in [0.29, 0.717) is 11.3 Å². The Hall–Kier alpha value is -2.09. The van der Waals surface area contributed by atoms with Crippen molar-refractivity contribution in [2.75, 3.05) is 5.73 Å². The van der Waals surface area contributed by atoms with Crippen LogP contribution >= 0.6 is 0 Å². The smallest absolute Gasteiger partial charge is 0.170 e. The summed E-state index contributed by atoms with van der Waals surface area (Å²) in [7, 11) is 0. The zero-order valence-electron chi connectivity index (χ0n) is 9.04. The summed E-state index contributed by atoms with van der Waals surface area (Å²) in [5.41, 5.74) is 6.84. The Morgan fingerprint density at radius 2 is 1.71 bits per heavy atom. The number of benzene rings is 2. The number of hydrogen-bond donors (Lipinski definition) is 3. The van der Waals surface area contributed by atoms with Gasteiger partial charge in [0.05, 0.1) is 6.07 Å². The topological polar surface area (TPSA) is 90.3 Å². The molecule has 0 bridgehead atoms. The lowest BCUT2D eigenvalue weighted by atomic mass is 10.0. The molecule has 0 aliphatic carbocycles. The molecule has 2 aromatic rings. The summed E-state index contributed by atoms with van der Waals surface area (Å²) in [5, 5.41) is 29.4. The van der Waals surface area contributed by atoms with Gasteiger partial charge in [-0.1, -0.05) is 18.2 Å². The Morgan fingerprint density at radius 3 is 2.41 bits per heavy atom. The van der Waals surface area contributed by atoms with Crippen molar-refractivity contribution in [2.24, 2.45) is 0 Å². The first-order valence-corrected chi connectivity index (χ1v) is 5.17.